The number of carbonyl (C=O) groups is 3. The molecule has 1 aliphatic heterocycles. The third-order valence-electron chi connectivity index (χ3n) is 5.36. The van der Waals surface area contributed by atoms with E-state index in [1.165, 1.54) is 11.0 Å². The minimum absolute atomic E-state index is 0.0265. The molecule has 1 aliphatic carbocycles. The lowest BCUT2D eigenvalue weighted by Crippen LogP contribution is -2.57. The second-order valence-electron chi connectivity index (χ2n) is 7.53. The summed E-state index contributed by atoms with van der Waals surface area (Å²) < 4.78 is 12.6. The van der Waals surface area contributed by atoms with Crippen molar-refractivity contribution in [2.24, 2.45) is 0 Å². The van der Waals surface area contributed by atoms with E-state index in [0.717, 1.165) is 35.7 Å². The highest BCUT2D eigenvalue weighted by Crippen LogP contribution is 2.36. The topological polar surface area (TPSA) is 84.9 Å². The normalized spacial score (nSPS) is 19.9. The first-order chi connectivity index (χ1) is 14.3. The minimum Gasteiger partial charge on any atom is -0.490 e. The van der Waals surface area contributed by atoms with Crippen LogP contribution in [0.25, 0.3) is 6.08 Å². The molecule has 162 valence electrons. The second-order valence-corrected chi connectivity index (χ2v) is 8.69. The van der Waals surface area contributed by atoms with Crippen molar-refractivity contribution in [2.75, 3.05) is 6.61 Å². The van der Waals surface area contributed by atoms with E-state index in [9.17, 15) is 14.4 Å². The van der Waals surface area contributed by atoms with E-state index in [-0.39, 0.29) is 17.7 Å². The Kier molecular flexibility index (Phi) is 7.38. The van der Waals surface area contributed by atoms with E-state index < -0.39 is 17.8 Å². The first-order valence-electron chi connectivity index (χ1n) is 10.4. The van der Waals surface area contributed by atoms with E-state index in [0.29, 0.717) is 23.7 Å². The molecule has 0 bridgehead atoms. The summed E-state index contributed by atoms with van der Waals surface area (Å²) in [6.45, 7) is 6.37. The molecular formula is C22H27IN2O5. The molecule has 1 atom stereocenters. The molecule has 0 radical (unpaired) electrons. The molecule has 8 heteroatoms. The van der Waals surface area contributed by atoms with Crippen molar-refractivity contribution in [1.29, 1.82) is 0 Å². The van der Waals surface area contributed by atoms with Gasteiger partial charge in [-0.3, -0.25) is 19.8 Å². The van der Waals surface area contributed by atoms with Crippen LogP contribution in [0.15, 0.2) is 17.7 Å². The predicted molar refractivity (Wildman–Crippen MR) is 121 cm³/mol. The van der Waals surface area contributed by atoms with Gasteiger partial charge in [0.1, 0.15) is 5.57 Å². The van der Waals surface area contributed by atoms with Gasteiger partial charge in [-0.2, -0.15) is 0 Å². The third kappa shape index (κ3) is 4.79. The molecule has 30 heavy (non-hydrogen) atoms. The number of nitrogens with zero attached hydrogens (tertiary/aromatic N) is 1. The molecule has 0 aromatic heterocycles. The second kappa shape index (κ2) is 9.80. The fourth-order valence-electron chi connectivity index (χ4n) is 3.66. The standard InChI is InChI=1S/C22H27IN2O5/c1-4-13(3)30-19-17(23)11-14(12-18(19)29-5-2)10-16-20(26)24-22(28)25(21(16)27)15-8-6-7-9-15/h10-13,15H,4-9H2,1-3H3,(H,24,26,28)/b16-10+/t13-/m0/s1. The van der Waals surface area contributed by atoms with Gasteiger partial charge in [0, 0.05) is 6.04 Å². The van der Waals surface area contributed by atoms with Gasteiger partial charge in [-0.25, -0.2) is 4.79 Å². The number of benzene rings is 1. The van der Waals surface area contributed by atoms with Crippen LogP contribution in [-0.4, -0.2) is 41.5 Å². The Labute approximate surface area is 190 Å². The maximum Gasteiger partial charge on any atom is 0.331 e. The molecule has 0 spiro atoms. The molecule has 1 heterocycles. The number of urea groups is 1. The number of hydrogen-bond donors (Lipinski definition) is 1. The molecule has 1 aromatic rings. The summed E-state index contributed by atoms with van der Waals surface area (Å²) in [5.41, 5.74) is 0.592. The summed E-state index contributed by atoms with van der Waals surface area (Å²) in [5, 5.41) is 2.31. The third-order valence-corrected chi connectivity index (χ3v) is 6.16. The van der Waals surface area contributed by atoms with Crippen LogP contribution in [0, 0.1) is 3.57 Å². The predicted octanol–water partition coefficient (Wildman–Crippen LogP) is 4.27. The largest absolute Gasteiger partial charge is 0.490 e. The Hall–Kier alpha value is -2.10. The quantitative estimate of drug-likeness (QED) is 0.326. The van der Waals surface area contributed by atoms with Gasteiger partial charge >= 0.3 is 6.03 Å². The average Bonchev–Trinajstić information content (AvgIpc) is 3.22. The van der Waals surface area contributed by atoms with Gasteiger partial charge in [0.25, 0.3) is 11.8 Å². The highest BCUT2D eigenvalue weighted by atomic mass is 127. The number of barbiturate groups is 1. The first kappa shape index (κ1) is 22.6. The van der Waals surface area contributed by atoms with Crippen molar-refractivity contribution in [2.45, 2.75) is 65.0 Å². The van der Waals surface area contributed by atoms with Crippen LogP contribution in [0.3, 0.4) is 0 Å². The Morgan fingerprint density at radius 1 is 1.23 bits per heavy atom. The van der Waals surface area contributed by atoms with Crippen LogP contribution in [0.1, 0.15) is 58.4 Å². The summed E-state index contributed by atoms with van der Waals surface area (Å²) in [5.74, 6) is -0.00392. The van der Waals surface area contributed by atoms with Crippen molar-refractivity contribution < 1.29 is 23.9 Å². The maximum absolute atomic E-state index is 13.0. The molecule has 1 aromatic carbocycles. The van der Waals surface area contributed by atoms with Gasteiger partial charge in [0.15, 0.2) is 11.5 Å². The summed E-state index contributed by atoms with van der Waals surface area (Å²) in [6.07, 6.45) is 5.89. The molecule has 1 N–H and O–H groups in total. The van der Waals surface area contributed by atoms with E-state index in [1.807, 2.05) is 26.8 Å². The van der Waals surface area contributed by atoms with E-state index in [2.05, 4.69) is 27.9 Å². The van der Waals surface area contributed by atoms with E-state index in [4.69, 9.17) is 9.47 Å². The number of amides is 4. The van der Waals surface area contributed by atoms with Gasteiger partial charge in [0.2, 0.25) is 0 Å². The monoisotopic (exact) mass is 526 g/mol. The number of hydrogen-bond acceptors (Lipinski definition) is 5. The van der Waals surface area contributed by atoms with Crippen LogP contribution in [0.2, 0.25) is 0 Å². The molecule has 7 nitrogen and oxygen atoms in total. The Bertz CT molecular complexity index is 877. The summed E-state index contributed by atoms with van der Waals surface area (Å²) >= 11 is 2.16. The molecule has 3 rings (SSSR count). The van der Waals surface area contributed by atoms with Crippen molar-refractivity contribution in [3.63, 3.8) is 0 Å². The molecule has 2 aliphatic rings. The fourth-order valence-corrected chi connectivity index (χ4v) is 4.42. The number of imide groups is 2. The maximum atomic E-state index is 13.0. The van der Waals surface area contributed by atoms with Crippen molar-refractivity contribution in [3.8, 4) is 11.5 Å². The number of rotatable bonds is 7. The summed E-state index contributed by atoms with van der Waals surface area (Å²) in [7, 11) is 0. The van der Waals surface area contributed by atoms with Crippen molar-refractivity contribution in [3.05, 3.63) is 26.8 Å². The highest BCUT2D eigenvalue weighted by Gasteiger charge is 2.40. The SMILES string of the molecule is CCOc1cc(/C=C2\C(=O)NC(=O)N(C3CCCC3)C2=O)cc(I)c1O[C@@H](C)CC. The van der Waals surface area contributed by atoms with Crippen LogP contribution in [0.4, 0.5) is 4.79 Å². The number of nitrogens with one attached hydrogen (secondary N) is 1. The van der Waals surface area contributed by atoms with E-state index >= 15 is 0 Å². The molecule has 4 amide bonds. The minimum atomic E-state index is -0.674. The van der Waals surface area contributed by atoms with E-state index in [1.54, 1.807) is 6.07 Å². The number of halogens is 1. The molecule has 2 fully saturated rings. The van der Waals surface area contributed by atoms with Crippen LogP contribution in [0.5, 0.6) is 11.5 Å². The van der Waals surface area contributed by atoms with Gasteiger partial charge in [-0.15, -0.1) is 0 Å². The molecule has 0 unspecified atom stereocenters. The smallest absolute Gasteiger partial charge is 0.331 e. The van der Waals surface area contributed by atoms with Crippen LogP contribution < -0.4 is 14.8 Å². The number of ether oxygens (including phenoxy) is 2. The summed E-state index contributed by atoms with van der Waals surface area (Å²) in [6, 6.07) is 2.81. The van der Waals surface area contributed by atoms with Crippen LogP contribution >= 0.6 is 22.6 Å². The van der Waals surface area contributed by atoms with Gasteiger partial charge < -0.3 is 9.47 Å². The molecule has 1 saturated carbocycles. The Morgan fingerprint density at radius 3 is 2.57 bits per heavy atom. The Balaban J connectivity index is 1.96. The van der Waals surface area contributed by atoms with Gasteiger partial charge in [0.05, 0.1) is 16.3 Å². The molecule has 1 saturated heterocycles. The zero-order valence-corrected chi connectivity index (χ0v) is 19.7. The number of carbonyl (C=O) groups excluding carboxylic acids is 3. The van der Waals surface area contributed by atoms with Crippen molar-refractivity contribution >= 4 is 46.5 Å². The zero-order chi connectivity index (χ0) is 21.8. The van der Waals surface area contributed by atoms with Gasteiger partial charge in [-0.05, 0) is 79.5 Å². The average molecular weight is 526 g/mol. The Morgan fingerprint density at radius 2 is 1.93 bits per heavy atom. The lowest BCUT2D eigenvalue weighted by atomic mass is 10.0. The highest BCUT2D eigenvalue weighted by molar-refractivity contribution is 14.1. The molecular weight excluding hydrogens is 499 g/mol. The van der Waals surface area contributed by atoms with Gasteiger partial charge in [-0.1, -0.05) is 19.8 Å². The van der Waals surface area contributed by atoms with Crippen LogP contribution in [-0.2, 0) is 9.59 Å². The first-order valence-corrected chi connectivity index (χ1v) is 11.5. The lowest BCUT2D eigenvalue weighted by Gasteiger charge is -2.31. The fraction of sp³-hybridized carbons (Fsp3) is 0.500. The lowest BCUT2D eigenvalue weighted by molar-refractivity contribution is -0.131. The summed E-state index contributed by atoms with van der Waals surface area (Å²) in [4.78, 5) is 38.9. The zero-order valence-electron chi connectivity index (χ0n) is 17.5. The van der Waals surface area contributed by atoms with Crippen molar-refractivity contribution in [1.82, 2.24) is 10.2 Å².